The first-order valence-corrected chi connectivity index (χ1v) is 16.9. The molecule has 0 aromatic heterocycles. The third-order valence-electron chi connectivity index (χ3n) is 7.17. The van der Waals surface area contributed by atoms with Crippen LogP contribution in [0.3, 0.4) is 0 Å². The molecule has 0 saturated heterocycles. The van der Waals surface area contributed by atoms with Crippen LogP contribution in [0.4, 0.5) is 10.1 Å². The van der Waals surface area contributed by atoms with E-state index in [-0.39, 0.29) is 23.4 Å². The Morgan fingerprint density at radius 3 is 2.14 bits per heavy atom. The lowest BCUT2D eigenvalue weighted by molar-refractivity contribution is -0.140. The maximum atomic E-state index is 14.9. The second-order valence-corrected chi connectivity index (χ2v) is 13.0. The summed E-state index contributed by atoms with van der Waals surface area (Å²) in [7, 11) is -4.21. The van der Waals surface area contributed by atoms with Crippen LogP contribution < -0.4 is 9.62 Å². The lowest BCUT2D eigenvalue weighted by Crippen LogP contribution is -2.53. The topological polar surface area (TPSA) is 86.8 Å². The summed E-state index contributed by atoms with van der Waals surface area (Å²) in [5, 5.41) is 2.80. The zero-order chi connectivity index (χ0) is 31.7. The Kier molecular flexibility index (Phi) is 11.2. The molecule has 1 N–H and O–H groups in total. The molecule has 0 radical (unpaired) electrons. The van der Waals surface area contributed by atoms with Gasteiger partial charge in [-0.25, -0.2) is 12.8 Å². The molecule has 0 fully saturated rings. The highest BCUT2D eigenvalue weighted by molar-refractivity contribution is 7.98. The number of carbonyl (C=O) groups is 2. The van der Waals surface area contributed by atoms with Crippen LogP contribution >= 0.6 is 11.8 Å². The fraction of sp³-hybridized carbons (Fsp3) is 0.235. The molecule has 7 nitrogen and oxygen atoms in total. The number of hydrogen-bond acceptors (Lipinski definition) is 5. The Balaban J connectivity index is 1.80. The molecule has 0 bridgehead atoms. The zero-order valence-corrected chi connectivity index (χ0v) is 26.6. The van der Waals surface area contributed by atoms with Gasteiger partial charge in [0.05, 0.1) is 10.6 Å². The molecule has 0 heterocycles. The minimum Gasteiger partial charge on any atom is -0.355 e. The predicted molar refractivity (Wildman–Crippen MR) is 174 cm³/mol. The van der Waals surface area contributed by atoms with E-state index in [2.05, 4.69) is 5.32 Å². The van der Waals surface area contributed by atoms with E-state index in [4.69, 9.17) is 0 Å². The van der Waals surface area contributed by atoms with Gasteiger partial charge in [0.2, 0.25) is 11.8 Å². The molecule has 0 aliphatic heterocycles. The van der Waals surface area contributed by atoms with Crippen LogP contribution in [0.2, 0.25) is 0 Å². The number of amides is 2. The standard InChI is InChI=1S/C34H36FN3O4S2/c1-4-36-34(40)32(22-26-10-6-5-7-11-26)37(23-27-12-8-9-13-31(27)35)33(39)24-38(28-16-14-25(2)15-17-28)44(41,42)30-20-18-29(43-3)19-21-30/h5-21,32H,4,22-24H2,1-3H3,(H,36,40)/t32-/m1/s1. The largest absolute Gasteiger partial charge is 0.355 e. The SMILES string of the molecule is CCNC(=O)[C@@H](Cc1ccccc1)N(Cc1ccccc1F)C(=O)CN(c1ccc(C)cc1)S(=O)(=O)c1ccc(SC)cc1. The number of hydrogen-bond donors (Lipinski definition) is 1. The number of rotatable bonds is 13. The van der Waals surface area contributed by atoms with E-state index in [9.17, 15) is 22.4 Å². The van der Waals surface area contributed by atoms with Crippen molar-refractivity contribution in [1.82, 2.24) is 10.2 Å². The number of nitrogens with zero attached hydrogens (tertiary/aromatic N) is 2. The highest BCUT2D eigenvalue weighted by atomic mass is 32.2. The average Bonchev–Trinajstić information content (AvgIpc) is 3.03. The van der Waals surface area contributed by atoms with Gasteiger partial charge in [-0.1, -0.05) is 66.2 Å². The maximum Gasteiger partial charge on any atom is 0.264 e. The molecular weight excluding hydrogens is 598 g/mol. The summed E-state index contributed by atoms with van der Waals surface area (Å²) in [5.74, 6) is -1.60. The fourth-order valence-electron chi connectivity index (χ4n) is 4.77. The summed E-state index contributed by atoms with van der Waals surface area (Å²) in [4.78, 5) is 30.0. The number of likely N-dealkylation sites (N-methyl/N-ethyl adjacent to an activating group) is 1. The highest BCUT2D eigenvalue weighted by Crippen LogP contribution is 2.27. The second kappa shape index (κ2) is 15.0. The quantitative estimate of drug-likeness (QED) is 0.187. The molecule has 44 heavy (non-hydrogen) atoms. The third-order valence-corrected chi connectivity index (χ3v) is 9.70. The van der Waals surface area contributed by atoms with Crippen molar-refractivity contribution in [2.75, 3.05) is 23.7 Å². The molecule has 10 heteroatoms. The molecule has 4 aromatic carbocycles. The summed E-state index contributed by atoms with van der Waals surface area (Å²) in [6, 6.07) is 27.5. The van der Waals surface area contributed by atoms with E-state index in [1.165, 1.54) is 34.9 Å². The van der Waals surface area contributed by atoms with Gasteiger partial charge >= 0.3 is 0 Å². The number of halogens is 1. The van der Waals surface area contributed by atoms with Crippen LogP contribution in [0.5, 0.6) is 0 Å². The predicted octanol–water partition coefficient (Wildman–Crippen LogP) is 5.83. The van der Waals surface area contributed by atoms with Crippen LogP contribution in [0.25, 0.3) is 0 Å². The lowest BCUT2D eigenvalue weighted by Gasteiger charge is -2.34. The van der Waals surface area contributed by atoms with E-state index in [0.717, 1.165) is 20.3 Å². The van der Waals surface area contributed by atoms with E-state index in [1.54, 1.807) is 61.5 Å². The summed E-state index contributed by atoms with van der Waals surface area (Å²) in [5.41, 5.74) is 2.22. The third kappa shape index (κ3) is 8.06. The van der Waals surface area contributed by atoms with Crippen molar-refractivity contribution in [2.45, 2.75) is 42.6 Å². The first-order valence-electron chi connectivity index (χ1n) is 14.2. The summed E-state index contributed by atoms with van der Waals surface area (Å²) in [6.07, 6.45) is 2.05. The summed E-state index contributed by atoms with van der Waals surface area (Å²) in [6.45, 7) is 3.14. The zero-order valence-electron chi connectivity index (χ0n) is 24.9. The van der Waals surface area contributed by atoms with E-state index in [1.807, 2.05) is 43.5 Å². The fourth-order valence-corrected chi connectivity index (χ4v) is 6.59. The molecule has 230 valence electrons. The van der Waals surface area contributed by atoms with Crippen molar-refractivity contribution in [1.29, 1.82) is 0 Å². The molecule has 0 aliphatic rings. The van der Waals surface area contributed by atoms with Crippen molar-refractivity contribution in [3.05, 3.63) is 126 Å². The first kappa shape index (κ1) is 32.8. The van der Waals surface area contributed by atoms with Gasteiger partial charge in [-0.3, -0.25) is 13.9 Å². The van der Waals surface area contributed by atoms with Gasteiger partial charge < -0.3 is 10.2 Å². The number of anilines is 1. The van der Waals surface area contributed by atoms with Crippen LogP contribution in [0, 0.1) is 12.7 Å². The molecule has 0 aliphatic carbocycles. The van der Waals surface area contributed by atoms with E-state index in [0.29, 0.717) is 12.2 Å². The van der Waals surface area contributed by atoms with Gasteiger partial charge in [0.15, 0.2) is 0 Å². The monoisotopic (exact) mass is 633 g/mol. The van der Waals surface area contributed by atoms with Gasteiger partial charge in [-0.2, -0.15) is 0 Å². The molecule has 4 rings (SSSR count). The summed E-state index contributed by atoms with van der Waals surface area (Å²) >= 11 is 1.48. The Labute approximate surface area is 263 Å². The number of benzene rings is 4. The van der Waals surface area contributed by atoms with Crippen LogP contribution in [0.1, 0.15) is 23.6 Å². The van der Waals surface area contributed by atoms with Crippen molar-refractivity contribution in [3.8, 4) is 0 Å². The minimum atomic E-state index is -4.21. The lowest BCUT2D eigenvalue weighted by atomic mass is 10.0. The summed E-state index contributed by atoms with van der Waals surface area (Å²) < 4.78 is 44.2. The normalized spacial score (nSPS) is 11.9. The van der Waals surface area contributed by atoms with E-state index >= 15 is 0 Å². The van der Waals surface area contributed by atoms with Gasteiger partial charge in [0.25, 0.3) is 10.0 Å². The van der Waals surface area contributed by atoms with Crippen LogP contribution in [-0.4, -0.2) is 50.5 Å². The second-order valence-electron chi connectivity index (χ2n) is 10.2. The maximum absolute atomic E-state index is 14.9. The number of aryl methyl sites for hydroxylation is 1. The molecule has 0 unspecified atom stereocenters. The Hall–Kier alpha value is -4.15. The Bertz CT molecular complexity index is 1670. The van der Waals surface area contributed by atoms with Crippen LogP contribution in [0.15, 0.2) is 113 Å². The number of carbonyl (C=O) groups excluding carboxylic acids is 2. The van der Waals surface area contributed by atoms with Gasteiger partial charge in [-0.05, 0) is 68.1 Å². The smallest absolute Gasteiger partial charge is 0.264 e. The molecule has 2 amide bonds. The molecule has 0 spiro atoms. The van der Waals surface area contributed by atoms with E-state index < -0.39 is 40.2 Å². The molecule has 0 saturated carbocycles. The minimum absolute atomic E-state index is 0.0221. The molecule has 1 atom stereocenters. The van der Waals surface area contributed by atoms with Crippen molar-refractivity contribution in [2.24, 2.45) is 0 Å². The van der Waals surface area contributed by atoms with Crippen molar-refractivity contribution >= 4 is 39.3 Å². The van der Waals surface area contributed by atoms with Crippen LogP contribution in [-0.2, 0) is 32.6 Å². The molecular formula is C34H36FN3O4S2. The highest BCUT2D eigenvalue weighted by Gasteiger charge is 2.34. The number of nitrogens with one attached hydrogen (secondary N) is 1. The van der Waals surface area contributed by atoms with Gasteiger partial charge in [0.1, 0.15) is 18.4 Å². The Morgan fingerprint density at radius 2 is 1.52 bits per heavy atom. The first-order chi connectivity index (χ1) is 21.1. The Morgan fingerprint density at radius 1 is 0.886 bits per heavy atom. The number of thioether (sulfide) groups is 1. The number of sulfonamides is 1. The van der Waals surface area contributed by atoms with Gasteiger partial charge in [-0.15, -0.1) is 11.8 Å². The van der Waals surface area contributed by atoms with Gasteiger partial charge in [0, 0.05) is 30.0 Å². The molecule has 4 aromatic rings. The van der Waals surface area contributed by atoms with Crippen molar-refractivity contribution in [3.63, 3.8) is 0 Å². The van der Waals surface area contributed by atoms with Crippen molar-refractivity contribution < 1.29 is 22.4 Å². The average molecular weight is 634 g/mol.